The van der Waals surface area contributed by atoms with Crippen molar-refractivity contribution in [2.75, 3.05) is 26.7 Å². The Kier molecular flexibility index (Phi) is 9.19. The first-order valence-corrected chi connectivity index (χ1v) is 12.8. The van der Waals surface area contributed by atoms with Crippen LogP contribution in [0.3, 0.4) is 0 Å². The van der Waals surface area contributed by atoms with E-state index in [0.717, 1.165) is 79.6 Å². The summed E-state index contributed by atoms with van der Waals surface area (Å²) in [5.74, 6) is 0.365. The topological polar surface area (TPSA) is 109 Å². The number of piperidine rings is 1. The smallest absolute Gasteiger partial charge is 0.303 e. The number of aryl methyl sites for hydroxylation is 1. The van der Waals surface area contributed by atoms with Crippen molar-refractivity contribution in [3.05, 3.63) is 60.0 Å². The molecule has 3 heterocycles. The lowest BCUT2D eigenvalue weighted by Crippen LogP contribution is -2.41. The molecule has 4 rings (SSSR count). The molecule has 2 aromatic heterocycles. The number of pyridine rings is 1. The number of ether oxygens (including phenoxy) is 1. The van der Waals surface area contributed by atoms with Crippen molar-refractivity contribution in [2.24, 2.45) is 11.8 Å². The number of benzene rings is 1. The minimum Gasteiger partial charge on any atom is -0.497 e. The summed E-state index contributed by atoms with van der Waals surface area (Å²) in [4.78, 5) is 18.4. The number of carbonyl (C=O) groups is 1. The van der Waals surface area contributed by atoms with Crippen LogP contribution in [0.2, 0.25) is 0 Å². The number of methoxy groups -OCH3 is 1. The first-order valence-electron chi connectivity index (χ1n) is 12.8. The molecule has 8 heteroatoms. The van der Waals surface area contributed by atoms with Crippen LogP contribution >= 0.6 is 0 Å². The van der Waals surface area contributed by atoms with E-state index in [-0.39, 0.29) is 18.3 Å². The van der Waals surface area contributed by atoms with Gasteiger partial charge >= 0.3 is 5.97 Å². The van der Waals surface area contributed by atoms with E-state index in [1.54, 1.807) is 19.5 Å². The largest absolute Gasteiger partial charge is 0.497 e. The number of fused-ring (bicyclic) bond motifs is 1. The number of unbranched alkanes of at least 4 members (excludes halogenated alkanes) is 1. The van der Waals surface area contributed by atoms with Gasteiger partial charge in [-0.3, -0.25) is 9.78 Å². The number of aliphatic hydroxyl groups is 1. The number of rotatable bonds is 12. The van der Waals surface area contributed by atoms with E-state index in [1.807, 2.05) is 36.4 Å². The van der Waals surface area contributed by atoms with Gasteiger partial charge in [-0.15, -0.1) is 0 Å². The van der Waals surface area contributed by atoms with E-state index < -0.39 is 12.1 Å². The van der Waals surface area contributed by atoms with Gasteiger partial charge in [0.2, 0.25) is 0 Å². The summed E-state index contributed by atoms with van der Waals surface area (Å²) in [6, 6.07) is 11.5. The second-order valence-electron chi connectivity index (χ2n) is 9.76. The summed E-state index contributed by atoms with van der Waals surface area (Å²) >= 11 is 0. The first-order chi connectivity index (χ1) is 17.5. The van der Waals surface area contributed by atoms with E-state index in [2.05, 4.69) is 20.1 Å². The Morgan fingerprint density at radius 3 is 2.86 bits per heavy atom. The molecular formula is C28H36N4O4. The molecule has 0 spiro atoms. The molecule has 3 atom stereocenters. The predicted octanol–water partition coefficient (Wildman–Crippen LogP) is 4.28. The van der Waals surface area contributed by atoms with E-state index in [9.17, 15) is 15.0 Å². The molecule has 0 saturated carbocycles. The zero-order valence-electron chi connectivity index (χ0n) is 20.9. The van der Waals surface area contributed by atoms with Gasteiger partial charge in [-0.2, -0.15) is 10.2 Å². The van der Waals surface area contributed by atoms with E-state index in [4.69, 9.17) is 4.74 Å². The summed E-state index contributed by atoms with van der Waals surface area (Å²) in [5.41, 5.74) is 2.68. The number of carboxylic acids is 1. The highest BCUT2D eigenvalue weighted by Gasteiger charge is 2.31. The fourth-order valence-electron chi connectivity index (χ4n) is 5.39. The van der Waals surface area contributed by atoms with Gasteiger partial charge in [0, 0.05) is 30.7 Å². The number of aliphatic carboxylic acids is 1. The lowest BCUT2D eigenvalue weighted by atomic mass is 9.79. The van der Waals surface area contributed by atoms with Gasteiger partial charge in [-0.05, 0) is 105 Å². The highest BCUT2D eigenvalue weighted by atomic mass is 16.5. The van der Waals surface area contributed by atoms with Crippen molar-refractivity contribution < 1.29 is 19.7 Å². The number of hydrogen-bond acceptors (Lipinski definition) is 7. The Morgan fingerprint density at radius 1 is 1.19 bits per heavy atom. The minimum atomic E-state index is -0.748. The highest BCUT2D eigenvalue weighted by molar-refractivity contribution is 5.83. The van der Waals surface area contributed by atoms with Gasteiger partial charge in [-0.25, -0.2) is 0 Å². The third kappa shape index (κ3) is 6.98. The number of carboxylic acid groups (broad SMARTS) is 1. The van der Waals surface area contributed by atoms with Crippen molar-refractivity contribution in [1.82, 2.24) is 20.1 Å². The molecule has 1 unspecified atom stereocenters. The molecule has 1 aliphatic rings. The second-order valence-corrected chi connectivity index (χ2v) is 9.76. The third-order valence-electron chi connectivity index (χ3n) is 7.35. The van der Waals surface area contributed by atoms with Crippen molar-refractivity contribution in [1.29, 1.82) is 0 Å². The average molecular weight is 493 g/mol. The molecule has 1 aliphatic heterocycles. The molecule has 1 aromatic carbocycles. The summed E-state index contributed by atoms with van der Waals surface area (Å²) in [5, 5.41) is 29.6. The molecule has 0 amide bonds. The number of hydrogen-bond donors (Lipinski definition) is 2. The number of likely N-dealkylation sites (tertiary alicyclic amines) is 1. The molecule has 2 N–H and O–H groups in total. The average Bonchev–Trinajstić information content (AvgIpc) is 2.90. The third-order valence-corrected chi connectivity index (χ3v) is 7.35. The number of aromatic nitrogens is 3. The molecule has 1 saturated heterocycles. The Balaban J connectivity index is 1.31. The van der Waals surface area contributed by atoms with Crippen molar-refractivity contribution in [3.63, 3.8) is 0 Å². The monoisotopic (exact) mass is 492 g/mol. The maximum Gasteiger partial charge on any atom is 0.303 e. The summed E-state index contributed by atoms with van der Waals surface area (Å²) < 4.78 is 5.36. The Morgan fingerprint density at radius 2 is 2.08 bits per heavy atom. The van der Waals surface area contributed by atoms with Crippen LogP contribution in [0.4, 0.5) is 0 Å². The van der Waals surface area contributed by atoms with Gasteiger partial charge in [-0.1, -0.05) is 0 Å². The standard InChI is InChI=1S/C28H36N4O4/c1-36-23-8-9-26-25(18-23)24(11-14-29-26)27(33)10-7-20-12-16-32(19-21(20)17-28(34)35)15-3-2-5-22-6-4-13-30-31-22/h4,6,8-9,11,13-14,18,20-21,27,33H,2-3,5,7,10,12,15-17,19H2,1H3,(H,34,35)/t20-,21+,27?/m1/s1. The molecule has 0 radical (unpaired) electrons. The SMILES string of the molecule is COc1ccc2nccc(C(O)CC[C@@H]3CCN(CCCCc4cccnn4)C[C@@H]3CC(=O)O)c2c1. The lowest BCUT2D eigenvalue weighted by Gasteiger charge is -2.38. The van der Waals surface area contributed by atoms with Crippen molar-refractivity contribution in [2.45, 2.75) is 51.0 Å². The maximum absolute atomic E-state index is 11.6. The molecule has 3 aromatic rings. The number of nitrogens with zero attached hydrogens (tertiary/aromatic N) is 4. The van der Waals surface area contributed by atoms with Gasteiger partial charge in [0.25, 0.3) is 0 Å². The van der Waals surface area contributed by atoms with E-state index in [1.165, 1.54) is 0 Å². The van der Waals surface area contributed by atoms with Crippen LogP contribution < -0.4 is 4.74 Å². The van der Waals surface area contributed by atoms with Crippen LogP contribution in [-0.4, -0.2) is 63.0 Å². The zero-order valence-corrected chi connectivity index (χ0v) is 20.9. The van der Waals surface area contributed by atoms with E-state index in [0.29, 0.717) is 6.42 Å². The molecule has 8 nitrogen and oxygen atoms in total. The minimum absolute atomic E-state index is 0.0951. The van der Waals surface area contributed by atoms with Gasteiger partial charge < -0.3 is 19.8 Å². The van der Waals surface area contributed by atoms with Crippen LogP contribution in [-0.2, 0) is 11.2 Å². The lowest BCUT2D eigenvalue weighted by molar-refractivity contribution is -0.139. The first kappa shape index (κ1) is 26.0. The van der Waals surface area contributed by atoms with Crippen LogP contribution in [0.5, 0.6) is 5.75 Å². The van der Waals surface area contributed by atoms with Crippen LogP contribution in [0, 0.1) is 11.8 Å². The molecular weight excluding hydrogens is 456 g/mol. The Labute approximate surface area is 212 Å². The van der Waals surface area contributed by atoms with Gasteiger partial charge in [0.05, 0.1) is 24.4 Å². The van der Waals surface area contributed by atoms with Crippen molar-refractivity contribution in [3.8, 4) is 5.75 Å². The predicted molar refractivity (Wildman–Crippen MR) is 138 cm³/mol. The maximum atomic E-state index is 11.6. The molecule has 0 aliphatic carbocycles. The normalized spacial score (nSPS) is 19.3. The molecule has 36 heavy (non-hydrogen) atoms. The van der Waals surface area contributed by atoms with E-state index >= 15 is 0 Å². The highest BCUT2D eigenvalue weighted by Crippen LogP contribution is 2.34. The summed E-state index contributed by atoms with van der Waals surface area (Å²) in [7, 11) is 1.63. The zero-order chi connectivity index (χ0) is 25.3. The van der Waals surface area contributed by atoms with Crippen LogP contribution in [0.25, 0.3) is 10.9 Å². The van der Waals surface area contributed by atoms with Crippen LogP contribution in [0.15, 0.2) is 48.8 Å². The summed E-state index contributed by atoms with van der Waals surface area (Å²) in [6.07, 6.45) is 8.31. The Bertz CT molecular complexity index is 1130. The molecule has 192 valence electrons. The quantitative estimate of drug-likeness (QED) is 0.361. The molecule has 1 fully saturated rings. The second kappa shape index (κ2) is 12.7. The fraction of sp³-hybridized carbons (Fsp3) is 0.500. The van der Waals surface area contributed by atoms with Gasteiger partial charge in [0.1, 0.15) is 5.75 Å². The fourth-order valence-corrected chi connectivity index (χ4v) is 5.39. The van der Waals surface area contributed by atoms with Crippen molar-refractivity contribution >= 4 is 16.9 Å². The summed E-state index contributed by atoms with van der Waals surface area (Å²) in [6.45, 7) is 2.74. The van der Waals surface area contributed by atoms with Gasteiger partial charge in [0.15, 0.2) is 0 Å². The molecule has 0 bridgehead atoms. The number of aliphatic hydroxyl groups excluding tert-OH is 1. The van der Waals surface area contributed by atoms with Crippen LogP contribution in [0.1, 0.15) is 55.9 Å². The Hall–Kier alpha value is -3.10.